The molecule has 0 amide bonds. The molecule has 1 fully saturated rings. The molecule has 1 saturated heterocycles. The Hall–Kier alpha value is -2.10. The van der Waals surface area contributed by atoms with E-state index in [1.807, 2.05) is 6.92 Å². The molecule has 128 valence electrons. The number of nitrogens with one attached hydrogen (secondary N) is 1. The van der Waals surface area contributed by atoms with E-state index < -0.39 is 0 Å². The SMILES string of the molecule is Cc1cc(C)c(Nc2cc(N3CCCCCC3)nc(C)n2)c(C)c1. The van der Waals surface area contributed by atoms with E-state index in [1.165, 1.54) is 42.4 Å². The maximum Gasteiger partial charge on any atom is 0.136 e. The maximum atomic E-state index is 4.67. The summed E-state index contributed by atoms with van der Waals surface area (Å²) >= 11 is 0. The second kappa shape index (κ2) is 7.20. The Morgan fingerprint density at radius 2 is 1.46 bits per heavy atom. The summed E-state index contributed by atoms with van der Waals surface area (Å²) in [6.07, 6.45) is 5.16. The fourth-order valence-corrected chi connectivity index (χ4v) is 3.58. The number of nitrogens with zero attached hydrogens (tertiary/aromatic N) is 3. The largest absolute Gasteiger partial charge is 0.356 e. The van der Waals surface area contributed by atoms with Gasteiger partial charge in [0.25, 0.3) is 0 Å². The van der Waals surface area contributed by atoms with Crippen molar-refractivity contribution in [3.05, 3.63) is 40.7 Å². The number of anilines is 3. The molecule has 0 saturated carbocycles. The summed E-state index contributed by atoms with van der Waals surface area (Å²) in [4.78, 5) is 11.7. The lowest BCUT2D eigenvalue weighted by Gasteiger charge is -2.22. The third-order valence-corrected chi connectivity index (χ3v) is 4.68. The lowest BCUT2D eigenvalue weighted by Crippen LogP contribution is -2.25. The molecule has 0 aliphatic carbocycles. The Morgan fingerprint density at radius 3 is 2.08 bits per heavy atom. The first kappa shape index (κ1) is 16.7. The molecule has 0 atom stereocenters. The molecule has 24 heavy (non-hydrogen) atoms. The van der Waals surface area contributed by atoms with Crippen molar-refractivity contribution in [2.75, 3.05) is 23.3 Å². The molecule has 0 radical (unpaired) electrons. The highest BCUT2D eigenvalue weighted by molar-refractivity contribution is 5.66. The van der Waals surface area contributed by atoms with Gasteiger partial charge in [-0.2, -0.15) is 0 Å². The second-order valence-electron chi connectivity index (χ2n) is 6.96. The van der Waals surface area contributed by atoms with E-state index in [4.69, 9.17) is 0 Å². The highest BCUT2D eigenvalue weighted by Crippen LogP contribution is 2.27. The Labute approximate surface area is 145 Å². The Bertz CT molecular complexity index is 693. The highest BCUT2D eigenvalue weighted by atomic mass is 15.2. The fraction of sp³-hybridized carbons (Fsp3) is 0.500. The normalized spacial score (nSPS) is 15.2. The van der Waals surface area contributed by atoms with Crippen LogP contribution in [0.2, 0.25) is 0 Å². The molecule has 3 rings (SSSR count). The number of hydrogen-bond acceptors (Lipinski definition) is 4. The van der Waals surface area contributed by atoms with Crippen LogP contribution < -0.4 is 10.2 Å². The minimum Gasteiger partial charge on any atom is -0.356 e. The van der Waals surface area contributed by atoms with Crippen LogP contribution in [0.25, 0.3) is 0 Å². The molecule has 0 bridgehead atoms. The molecule has 4 nitrogen and oxygen atoms in total. The molecule has 4 heteroatoms. The Kier molecular flexibility index (Phi) is 5.03. The molecule has 2 aromatic rings. The number of hydrogen-bond donors (Lipinski definition) is 1. The van der Waals surface area contributed by atoms with Crippen LogP contribution in [-0.4, -0.2) is 23.1 Å². The van der Waals surface area contributed by atoms with Crippen molar-refractivity contribution in [1.82, 2.24) is 9.97 Å². The van der Waals surface area contributed by atoms with Gasteiger partial charge >= 0.3 is 0 Å². The van der Waals surface area contributed by atoms with Crippen LogP contribution in [-0.2, 0) is 0 Å². The topological polar surface area (TPSA) is 41.0 Å². The molecule has 1 aromatic heterocycles. The fourth-order valence-electron chi connectivity index (χ4n) is 3.58. The van der Waals surface area contributed by atoms with E-state index in [0.29, 0.717) is 0 Å². The summed E-state index contributed by atoms with van der Waals surface area (Å²) < 4.78 is 0. The highest BCUT2D eigenvalue weighted by Gasteiger charge is 2.14. The number of aromatic nitrogens is 2. The zero-order valence-corrected chi connectivity index (χ0v) is 15.3. The van der Waals surface area contributed by atoms with Crippen molar-refractivity contribution in [1.29, 1.82) is 0 Å². The lowest BCUT2D eigenvalue weighted by molar-refractivity contribution is 0.726. The van der Waals surface area contributed by atoms with Crippen molar-refractivity contribution in [3.8, 4) is 0 Å². The zero-order valence-electron chi connectivity index (χ0n) is 15.3. The summed E-state index contributed by atoms with van der Waals surface area (Å²) in [7, 11) is 0. The van der Waals surface area contributed by atoms with E-state index in [2.05, 4.69) is 59.2 Å². The minimum atomic E-state index is 0.821. The molecular formula is C20H28N4. The van der Waals surface area contributed by atoms with E-state index in [0.717, 1.165) is 36.2 Å². The van der Waals surface area contributed by atoms with Crippen LogP contribution in [0.15, 0.2) is 18.2 Å². The average molecular weight is 324 g/mol. The van der Waals surface area contributed by atoms with Crippen LogP contribution in [0.1, 0.15) is 48.2 Å². The molecule has 1 aromatic carbocycles. The third-order valence-electron chi connectivity index (χ3n) is 4.68. The van der Waals surface area contributed by atoms with E-state index in [-0.39, 0.29) is 0 Å². The van der Waals surface area contributed by atoms with Gasteiger partial charge in [0.15, 0.2) is 0 Å². The van der Waals surface area contributed by atoms with Gasteiger partial charge < -0.3 is 10.2 Å². The molecule has 2 heterocycles. The average Bonchev–Trinajstić information content (AvgIpc) is 2.79. The minimum absolute atomic E-state index is 0.821. The summed E-state index contributed by atoms with van der Waals surface area (Å²) in [5, 5.41) is 3.53. The third kappa shape index (κ3) is 3.86. The van der Waals surface area contributed by atoms with Gasteiger partial charge in [0.05, 0.1) is 0 Å². The lowest BCUT2D eigenvalue weighted by atomic mass is 10.1. The van der Waals surface area contributed by atoms with Gasteiger partial charge in [-0.05, 0) is 51.7 Å². The zero-order chi connectivity index (χ0) is 17.1. The van der Waals surface area contributed by atoms with E-state index >= 15 is 0 Å². The van der Waals surface area contributed by atoms with Crippen LogP contribution in [0.3, 0.4) is 0 Å². The van der Waals surface area contributed by atoms with Crippen molar-refractivity contribution in [2.45, 2.75) is 53.4 Å². The molecule has 1 aliphatic rings. The number of benzene rings is 1. The van der Waals surface area contributed by atoms with Gasteiger partial charge in [-0.1, -0.05) is 30.5 Å². The summed E-state index contributed by atoms with van der Waals surface area (Å²) in [5.74, 6) is 2.76. The van der Waals surface area contributed by atoms with Crippen LogP contribution in [0, 0.1) is 27.7 Å². The molecule has 1 aliphatic heterocycles. The second-order valence-corrected chi connectivity index (χ2v) is 6.96. The van der Waals surface area contributed by atoms with E-state index in [9.17, 15) is 0 Å². The Morgan fingerprint density at radius 1 is 0.833 bits per heavy atom. The van der Waals surface area contributed by atoms with Crippen molar-refractivity contribution in [3.63, 3.8) is 0 Å². The van der Waals surface area contributed by atoms with Crippen molar-refractivity contribution < 1.29 is 0 Å². The monoisotopic (exact) mass is 324 g/mol. The Balaban J connectivity index is 1.89. The van der Waals surface area contributed by atoms with Crippen molar-refractivity contribution in [2.24, 2.45) is 0 Å². The van der Waals surface area contributed by atoms with E-state index in [1.54, 1.807) is 0 Å². The quantitative estimate of drug-likeness (QED) is 0.877. The standard InChI is InChI=1S/C20H28N4/c1-14-11-15(2)20(16(3)12-14)23-18-13-19(22-17(4)21-18)24-9-7-5-6-8-10-24/h11-13H,5-10H2,1-4H3,(H,21,22,23). The smallest absolute Gasteiger partial charge is 0.136 e. The van der Waals surface area contributed by atoms with Gasteiger partial charge in [0.2, 0.25) is 0 Å². The van der Waals surface area contributed by atoms with Gasteiger partial charge in [-0.25, -0.2) is 9.97 Å². The first-order valence-electron chi connectivity index (χ1n) is 8.98. The predicted molar refractivity (Wildman–Crippen MR) is 101 cm³/mol. The predicted octanol–water partition coefficient (Wildman–Crippen LogP) is 4.83. The first-order chi connectivity index (χ1) is 11.5. The van der Waals surface area contributed by atoms with Crippen LogP contribution >= 0.6 is 0 Å². The molecule has 1 N–H and O–H groups in total. The summed E-state index contributed by atoms with van der Waals surface area (Å²) in [6, 6.07) is 6.51. The number of rotatable bonds is 3. The maximum absolute atomic E-state index is 4.67. The van der Waals surface area contributed by atoms with Gasteiger partial charge in [0, 0.05) is 24.8 Å². The van der Waals surface area contributed by atoms with Crippen LogP contribution in [0.5, 0.6) is 0 Å². The number of aryl methyl sites for hydroxylation is 4. The molecular weight excluding hydrogens is 296 g/mol. The van der Waals surface area contributed by atoms with Gasteiger partial charge in [-0.15, -0.1) is 0 Å². The summed E-state index contributed by atoms with van der Waals surface area (Å²) in [5.41, 5.74) is 4.94. The first-order valence-corrected chi connectivity index (χ1v) is 8.98. The summed E-state index contributed by atoms with van der Waals surface area (Å²) in [6.45, 7) is 10.6. The molecule has 0 spiro atoms. The van der Waals surface area contributed by atoms with Gasteiger partial charge in [0.1, 0.15) is 17.5 Å². The van der Waals surface area contributed by atoms with Crippen LogP contribution in [0.4, 0.5) is 17.3 Å². The molecule has 0 unspecified atom stereocenters. The van der Waals surface area contributed by atoms with Gasteiger partial charge in [-0.3, -0.25) is 0 Å². The van der Waals surface area contributed by atoms with Crippen molar-refractivity contribution >= 4 is 17.3 Å².